The van der Waals surface area contributed by atoms with E-state index in [0.29, 0.717) is 31.2 Å². The van der Waals surface area contributed by atoms with Gasteiger partial charge in [-0.05, 0) is 24.3 Å². The molecular weight excluding hydrogens is 523 g/mol. The Hall–Kier alpha value is -1.81. The first kappa shape index (κ1) is 23.2. The third-order valence-electron chi connectivity index (χ3n) is 3.65. The van der Waals surface area contributed by atoms with Crippen LogP contribution in [0.5, 0.6) is 5.75 Å². The lowest BCUT2D eigenvalue weighted by Gasteiger charge is -2.14. The number of hydrogen-bond donors (Lipinski definition) is 3. The standard InChI is InChI=1S/C19H23BrN4O2.HI/c1-21-19(24-13-15-6-3-4-9-17(15)26-2)23-11-10-22-18(25)14-7-5-8-16(20)12-14;/h3-9,12H,10-11,13H2,1-2H3,(H,22,25)(H2,21,23,24);1H. The Morgan fingerprint density at radius 1 is 1.07 bits per heavy atom. The largest absolute Gasteiger partial charge is 0.496 e. The van der Waals surface area contributed by atoms with E-state index in [4.69, 9.17) is 4.74 Å². The van der Waals surface area contributed by atoms with Crippen LogP contribution in [0, 0.1) is 0 Å². The molecule has 0 aliphatic carbocycles. The second kappa shape index (κ2) is 12.6. The number of rotatable bonds is 7. The summed E-state index contributed by atoms with van der Waals surface area (Å²) in [6.07, 6.45) is 0. The van der Waals surface area contributed by atoms with Gasteiger partial charge in [-0.1, -0.05) is 40.2 Å². The molecule has 3 N–H and O–H groups in total. The highest BCUT2D eigenvalue weighted by Crippen LogP contribution is 2.16. The number of nitrogens with zero attached hydrogens (tertiary/aromatic N) is 1. The van der Waals surface area contributed by atoms with E-state index in [0.717, 1.165) is 15.8 Å². The number of carbonyl (C=O) groups is 1. The molecule has 0 aliphatic rings. The average molecular weight is 547 g/mol. The fraction of sp³-hybridized carbons (Fsp3) is 0.263. The molecule has 1 amide bonds. The lowest BCUT2D eigenvalue weighted by molar-refractivity contribution is 0.0954. The zero-order chi connectivity index (χ0) is 18.8. The minimum Gasteiger partial charge on any atom is -0.496 e. The Bertz CT molecular complexity index is 771. The van der Waals surface area contributed by atoms with Gasteiger partial charge in [-0.3, -0.25) is 9.79 Å². The quantitative estimate of drug-likeness (QED) is 0.216. The summed E-state index contributed by atoms with van der Waals surface area (Å²) < 4.78 is 6.21. The predicted octanol–water partition coefficient (Wildman–Crippen LogP) is 3.17. The summed E-state index contributed by atoms with van der Waals surface area (Å²) >= 11 is 3.36. The predicted molar refractivity (Wildman–Crippen MR) is 123 cm³/mol. The van der Waals surface area contributed by atoms with E-state index < -0.39 is 0 Å². The van der Waals surface area contributed by atoms with Gasteiger partial charge in [-0.2, -0.15) is 0 Å². The van der Waals surface area contributed by atoms with Gasteiger partial charge in [0.25, 0.3) is 5.91 Å². The molecule has 6 nitrogen and oxygen atoms in total. The molecule has 0 bridgehead atoms. The maximum Gasteiger partial charge on any atom is 0.251 e. The van der Waals surface area contributed by atoms with Crippen molar-refractivity contribution in [2.24, 2.45) is 4.99 Å². The van der Waals surface area contributed by atoms with E-state index in [1.165, 1.54) is 0 Å². The van der Waals surface area contributed by atoms with E-state index in [1.807, 2.05) is 36.4 Å². The Kier molecular flexibility index (Phi) is 10.8. The molecule has 0 aromatic heterocycles. The number of amides is 1. The molecule has 27 heavy (non-hydrogen) atoms. The van der Waals surface area contributed by atoms with Gasteiger partial charge in [0.1, 0.15) is 5.75 Å². The lowest BCUT2D eigenvalue weighted by Crippen LogP contribution is -2.41. The molecule has 0 saturated carbocycles. The second-order valence-corrected chi connectivity index (χ2v) is 6.35. The number of aliphatic imine (C=N–C) groups is 1. The molecular formula is C19H24BrIN4O2. The number of methoxy groups -OCH3 is 1. The maximum atomic E-state index is 12.1. The van der Waals surface area contributed by atoms with Gasteiger partial charge in [0, 0.05) is 42.3 Å². The molecule has 0 saturated heterocycles. The van der Waals surface area contributed by atoms with Crippen LogP contribution in [0.1, 0.15) is 15.9 Å². The summed E-state index contributed by atoms with van der Waals surface area (Å²) in [5.74, 6) is 1.38. The van der Waals surface area contributed by atoms with Crippen molar-refractivity contribution in [3.05, 3.63) is 64.1 Å². The van der Waals surface area contributed by atoms with Crippen molar-refractivity contribution >= 4 is 51.8 Å². The molecule has 2 aromatic rings. The van der Waals surface area contributed by atoms with E-state index in [9.17, 15) is 4.79 Å². The molecule has 0 heterocycles. The van der Waals surface area contributed by atoms with Crippen LogP contribution in [0.25, 0.3) is 0 Å². The number of carbonyl (C=O) groups excluding carboxylic acids is 1. The minimum atomic E-state index is -0.106. The van der Waals surface area contributed by atoms with Gasteiger partial charge in [0.15, 0.2) is 5.96 Å². The highest BCUT2D eigenvalue weighted by atomic mass is 127. The Labute approximate surface area is 185 Å². The molecule has 8 heteroatoms. The summed E-state index contributed by atoms with van der Waals surface area (Å²) in [6.45, 7) is 1.64. The summed E-state index contributed by atoms with van der Waals surface area (Å²) in [6, 6.07) is 15.1. The zero-order valence-electron chi connectivity index (χ0n) is 15.3. The van der Waals surface area contributed by atoms with Crippen LogP contribution in [-0.2, 0) is 6.54 Å². The van der Waals surface area contributed by atoms with Crippen molar-refractivity contribution in [2.45, 2.75) is 6.54 Å². The number of hydrogen-bond acceptors (Lipinski definition) is 3. The van der Waals surface area contributed by atoms with Crippen LogP contribution >= 0.6 is 39.9 Å². The topological polar surface area (TPSA) is 74.8 Å². The Morgan fingerprint density at radius 3 is 2.52 bits per heavy atom. The van der Waals surface area contributed by atoms with Crippen molar-refractivity contribution in [1.29, 1.82) is 0 Å². The number of benzene rings is 2. The number of ether oxygens (including phenoxy) is 1. The van der Waals surface area contributed by atoms with Crippen molar-refractivity contribution < 1.29 is 9.53 Å². The van der Waals surface area contributed by atoms with E-state index >= 15 is 0 Å². The third-order valence-corrected chi connectivity index (χ3v) is 4.15. The Balaban J connectivity index is 0.00000364. The summed E-state index contributed by atoms with van der Waals surface area (Å²) in [7, 11) is 3.36. The van der Waals surface area contributed by atoms with Crippen LogP contribution < -0.4 is 20.7 Å². The first-order chi connectivity index (χ1) is 12.6. The van der Waals surface area contributed by atoms with Crippen LogP contribution in [0.4, 0.5) is 0 Å². The van der Waals surface area contributed by atoms with Crippen LogP contribution in [0.2, 0.25) is 0 Å². The molecule has 0 spiro atoms. The molecule has 2 rings (SSSR count). The van der Waals surface area contributed by atoms with Crippen LogP contribution in [-0.4, -0.2) is 39.1 Å². The molecule has 0 fully saturated rings. The summed E-state index contributed by atoms with van der Waals surface area (Å²) in [4.78, 5) is 16.3. The van der Waals surface area contributed by atoms with Crippen molar-refractivity contribution in [3.8, 4) is 5.75 Å². The second-order valence-electron chi connectivity index (χ2n) is 5.43. The lowest BCUT2D eigenvalue weighted by atomic mass is 10.2. The maximum absolute atomic E-state index is 12.1. The zero-order valence-corrected chi connectivity index (χ0v) is 19.2. The first-order valence-corrected chi connectivity index (χ1v) is 9.03. The SMILES string of the molecule is CN=C(NCCNC(=O)c1cccc(Br)c1)NCc1ccccc1OC.I. The molecule has 0 aliphatic heterocycles. The smallest absolute Gasteiger partial charge is 0.251 e. The number of nitrogens with one attached hydrogen (secondary N) is 3. The average Bonchev–Trinajstić information content (AvgIpc) is 2.67. The molecule has 146 valence electrons. The monoisotopic (exact) mass is 546 g/mol. The van der Waals surface area contributed by atoms with Gasteiger partial charge in [0.2, 0.25) is 0 Å². The molecule has 0 unspecified atom stereocenters. The fourth-order valence-electron chi connectivity index (χ4n) is 2.34. The third kappa shape index (κ3) is 7.76. The van der Waals surface area contributed by atoms with Gasteiger partial charge in [-0.15, -0.1) is 24.0 Å². The van der Waals surface area contributed by atoms with E-state index in [2.05, 4.69) is 36.9 Å². The number of para-hydroxylation sites is 1. The van der Waals surface area contributed by atoms with Gasteiger partial charge < -0.3 is 20.7 Å². The number of halogens is 2. The van der Waals surface area contributed by atoms with Crippen molar-refractivity contribution in [3.63, 3.8) is 0 Å². The van der Waals surface area contributed by atoms with Crippen molar-refractivity contribution in [2.75, 3.05) is 27.2 Å². The normalized spacial score (nSPS) is 10.6. The summed E-state index contributed by atoms with van der Waals surface area (Å²) in [5.41, 5.74) is 1.67. The fourth-order valence-corrected chi connectivity index (χ4v) is 2.74. The highest BCUT2D eigenvalue weighted by Gasteiger charge is 2.06. The van der Waals surface area contributed by atoms with E-state index in [-0.39, 0.29) is 29.9 Å². The van der Waals surface area contributed by atoms with Crippen molar-refractivity contribution in [1.82, 2.24) is 16.0 Å². The minimum absolute atomic E-state index is 0. The van der Waals surface area contributed by atoms with Gasteiger partial charge >= 0.3 is 0 Å². The Morgan fingerprint density at radius 2 is 1.81 bits per heavy atom. The number of guanidine groups is 1. The van der Waals surface area contributed by atoms with Crippen LogP contribution in [0.15, 0.2) is 58.0 Å². The first-order valence-electron chi connectivity index (χ1n) is 8.24. The highest BCUT2D eigenvalue weighted by molar-refractivity contribution is 14.0. The van der Waals surface area contributed by atoms with Gasteiger partial charge in [-0.25, -0.2) is 0 Å². The van der Waals surface area contributed by atoms with Crippen LogP contribution in [0.3, 0.4) is 0 Å². The molecule has 2 aromatic carbocycles. The van der Waals surface area contributed by atoms with E-state index in [1.54, 1.807) is 26.3 Å². The molecule has 0 atom stereocenters. The molecule has 0 radical (unpaired) electrons. The van der Waals surface area contributed by atoms with Gasteiger partial charge in [0.05, 0.1) is 7.11 Å². The summed E-state index contributed by atoms with van der Waals surface area (Å²) in [5, 5.41) is 9.27.